The van der Waals surface area contributed by atoms with E-state index in [0.29, 0.717) is 12.0 Å². The van der Waals surface area contributed by atoms with Gasteiger partial charge in [0.2, 0.25) is 0 Å². The molecule has 1 aromatic carbocycles. The monoisotopic (exact) mass is 310 g/mol. The molecule has 1 aromatic rings. The van der Waals surface area contributed by atoms with E-state index in [9.17, 15) is 14.4 Å². The summed E-state index contributed by atoms with van der Waals surface area (Å²) in [6.07, 6.45) is 4.64. The zero-order chi connectivity index (χ0) is 16.4. The Labute approximate surface area is 135 Å². The van der Waals surface area contributed by atoms with Crippen molar-refractivity contribution in [1.29, 1.82) is 5.26 Å². The molecule has 0 amide bonds. The molecule has 0 spiro atoms. The van der Waals surface area contributed by atoms with Crippen molar-refractivity contribution < 1.29 is 9.18 Å². The van der Waals surface area contributed by atoms with Gasteiger partial charge in [0.1, 0.15) is 6.17 Å². The van der Waals surface area contributed by atoms with E-state index >= 15 is 0 Å². The van der Waals surface area contributed by atoms with Crippen molar-refractivity contribution in [3.63, 3.8) is 0 Å². The predicted octanol–water partition coefficient (Wildman–Crippen LogP) is 3.19. The van der Waals surface area contributed by atoms with E-state index in [-0.39, 0.29) is 24.5 Å². The summed E-state index contributed by atoms with van der Waals surface area (Å²) in [4.78, 5) is 12.4. The number of hydrogen-bond acceptors (Lipinski definition) is 3. The Kier molecular flexibility index (Phi) is 4.14. The third kappa shape index (κ3) is 3.11. The van der Waals surface area contributed by atoms with E-state index in [2.05, 4.69) is 6.07 Å². The highest BCUT2D eigenvalue weighted by Crippen LogP contribution is 2.61. The Morgan fingerprint density at radius 1 is 1.43 bits per heavy atom. The summed E-state index contributed by atoms with van der Waals surface area (Å²) < 4.78 is 13.5. The van der Waals surface area contributed by atoms with Gasteiger partial charge < -0.3 is 5.73 Å². The quantitative estimate of drug-likeness (QED) is 0.877. The standard InChI is InChI=1S/C19H19FN2O/c20-16-8-4-7-14(16)9-17(22)18(23)11-19(12-21)10-15(19)13-5-2-1-3-6-13/h1-8,15-17H,9-11,22H2/t15-,16?,17+,19+/m1/s1. The highest BCUT2D eigenvalue weighted by Gasteiger charge is 2.56. The van der Waals surface area contributed by atoms with Gasteiger partial charge in [-0.3, -0.25) is 4.79 Å². The number of carbonyl (C=O) groups is 1. The molecule has 2 N–H and O–H groups in total. The van der Waals surface area contributed by atoms with Gasteiger partial charge in [-0.1, -0.05) is 42.5 Å². The first kappa shape index (κ1) is 15.6. The molecule has 2 aliphatic rings. The lowest BCUT2D eigenvalue weighted by atomic mass is 9.90. The average Bonchev–Trinajstić information content (AvgIpc) is 3.15. The number of hydrogen-bond donors (Lipinski definition) is 1. The van der Waals surface area contributed by atoms with Gasteiger partial charge in [-0.25, -0.2) is 4.39 Å². The lowest BCUT2D eigenvalue weighted by molar-refractivity contribution is -0.121. The molecule has 0 radical (unpaired) electrons. The molecule has 1 fully saturated rings. The molecule has 0 saturated heterocycles. The summed E-state index contributed by atoms with van der Waals surface area (Å²) in [7, 11) is 0. The highest BCUT2D eigenvalue weighted by molar-refractivity contribution is 5.86. The number of rotatable bonds is 6. The smallest absolute Gasteiger partial charge is 0.151 e. The van der Waals surface area contributed by atoms with Gasteiger partial charge in [0, 0.05) is 12.3 Å². The second-order valence-electron chi connectivity index (χ2n) is 6.42. The molecular formula is C19H19FN2O. The van der Waals surface area contributed by atoms with E-state index in [1.54, 1.807) is 12.2 Å². The maximum absolute atomic E-state index is 13.5. The molecule has 0 aromatic heterocycles. The molecule has 1 saturated carbocycles. The summed E-state index contributed by atoms with van der Waals surface area (Å²) in [5, 5.41) is 9.52. The van der Waals surface area contributed by atoms with Crippen molar-refractivity contribution in [2.75, 3.05) is 0 Å². The number of nitrogens with two attached hydrogens (primary N) is 1. The van der Waals surface area contributed by atoms with Gasteiger partial charge in [0.15, 0.2) is 5.78 Å². The summed E-state index contributed by atoms with van der Waals surface area (Å²) in [5.41, 5.74) is 6.91. The number of alkyl halides is 1. The van der Waals surface area contributed by atoms with Crippen LogP contribution in [0.5, 0.6) is 0 Å². The van der Waals surface area contributed by atoms with Crippen molar-refractivity contribution in [2.24, 2.45) is 11.1 Å². The number of halogens is 1. The number of benzene rings is 1. The minimum Gasteiger partial charge on any atom is -0.321 e. The number of nitriles is 1. The van der Waals surface area contributed by atoms with Crippen LogP contribution in [-0.4, -0.2) is 18.0 Å². The number of allylic oxidation sites excluding steroid dienone is 3. The number of carbonyl (C=O) groups excluding carboxylic acids is 1. The Morgan fingerprint density at radius 2 is 2.17 bits per heavy atom. The lowest BCUT2D eigenvalue weighted by Gasteiger charge is -2.15. The van der Waals surface area contributed by atoms with Crippen LogP contribution in [0, 0.1) is 16.7 Å². The van der Waals surface area contributed by atoms with Crippen molar-refractivity contribution >= 4 is 5.78 Å². The largest absolute Gasteiger partial charge is 0.321 e. The number of ketones is 1. The van der Waals surface area contributed by atoms with Crippen LogP contribution in [0.3, 0.4) is 0 Å². The van der Waals surface area contributed by atoms with E-state index < -0.39 is 17.6 Å². The van der Waals surface area contributed by atoms with Crippen LogP contribution in [-0.2, 0) is 4.79 Å². The van der Waals surface area contributed by atoms with E-state index in [4.69, 9.17) is 5.73 Å². The zero-order valence-electron chi connectivity index (χ0n) is 12.8. The van der Waals surface area contributed by atoms with Crippen molar-refractivity contribution in [3.8, 4) is 6.07 Å². The first-order valence-electron chi connectivity index (χ1n) is 7.81. The molecule has 3 nitrogen and oxygen atoms in total. The van der Waals surface area contributed by atoms with Crippen LogP contribution < -0.4 is 5.73 Å². The van der Waals surface area contributed by atoms with E-state index in [0.717, 1.165) is 5.56 Å². The molecule has 4 atom stereocenters. The van der Waals surface area contributed by atoms with Crippen LogP contribution in [0.1, 0.15) is 30.7 Å². The van der Waals surface area contributed by atoms with Gasteiger partial charge in [-0.05, 0) is 30.1 Å². The molecule has 4 heteroatoms. The first-order valence-corrected chi connectivity index (χ1v) is 7.81. The SMILES string of the molecule is N#C[C@@]1(CC(=O)[C@@H](N)CC2=CC=CC2F)C[C@@H]1c1ccccc1. The zero-order valence-corrected chi connectivity index (χ0v) is 12.8. The summed E-state index contributed by atoms with van der Waals surface area (Å²) in [5.74, 6) is -0.0730. The lowest BCUT2D eigenvalue weighted by Crippen LogP contribution is -2.33. The Morgan fingerprint density at radius 3 is 2.78 bits per heavy atom. The minimum absolute atomic E-state index is 0.0890. The topological polar surface area (TPSA) is 66.9 Å². The van der Waals surface area contributed by atoms with Crippen molar-refractivity contribution in [3.05, 3.63) is 59.7 Å². The van der Waals surface area contributed by atoms with Crippen molar-refractivity contribution in [2.45, 2.75) is 37.4 Å². The number of Topliss-reactive ketones (excluding diaryl/α,β-unsaturated/α-hetero) is 1. The molecule has 0 aliphatic heterocycles. The average molecular weight is 310 g/mol. The van der Waals surface area contributed by atoms with Crippen LogP contribution in [0.25, 0.3) is 0 Å². The molecule has 0 heterocycles. The molecule has 118 valence electrons. The Hall–Kier alpha value is -2.25. The highest BCUT2D eigenvalue weighted by atomic mass is 19.1. The van der Waals surface area contributed by atoms with Gasteiger partial charge in [-0.2, -0.15) is 5.26 Å². The van der Waals surface area contributed by atoms with Crippen LogP contribution in [0.2, 0.25) is 0 Å². The Bertz CT molecular complexity index is 704. The van der Waals surface area contributed by atoms with Crippen LogP contribution in [0.15, 0.2) is 54.1 Å². The summed E-state index contributed by atoms with van der Waals surface area (Å²) in [6.45, 7) is 0. The molecule has 2 aliphatic carbocycles. The fourth-order valence-corrected chi connectivity index (χ4v) is 3.27. The molecule has 23 heavy (non-hydrogen) atoms. The minimum atomic E-state index is -1.14. The molecule has 1 unspecified atom stereocenters. The summed E-state index contributed by atoms with van der Waals surface area (Å²) in [6, 6.07) is 11.3. The van der Waals surface area contributed by atoms with Gasteiger partial charge >= 0.3 is 0 Å². The van der Waals surface area contributed by atoms with Crippen LogP contribution >= 0.6 is 0 Å². The molecular weight excluding hydrogens is 291 g/mol. The maximum Gasteiger partial charge on any atom is 0.151 e. The third-order valence-electron chi connectivity index (χ3n) is 4.80. The molecule has 0 bridgehead atoms. The maximum atomic E-state index is 13.5. The summed E-state index contributed by atoms with van der Waals surface area (Å²) >= 11 is 0. The Balaban J connectivity index is 1.62. The normalized spacial score (nSPS) is 29.7. The predicted molar refractivity (Wildman–Crippen MR) is 86.2 cm³/mol. The van der Waals surface area contributed by atoms with E-state index in [1.165, 1.54) is 6.08 Å². The van der Waals surface area contributed by atoms with Gasteiger partial charge in [0.25, 0.3) is 0 Å². The third-order valence-corrected chi connectivity index (χ3v) is 4.80. The molecule has 3 rings (SSSR count). The van der Waals surface area contributed by atoms with Crippen LogP contribution in [0.4, 0.5) is 4.39 Å². The van der Waals surface area contributed by atoms with Crippen molar-refractivity contribution in [1.82, 2.24) is 0 Å². The van der Waals surface area contributed by atoms with E-state index in [1.807, 2.05) is 30.3 Å². The fraction of sp³-hybridized carbons (Fsp3) is 0.368. The second kappa shape index (κ2) is 6.10. The second-order valence-corrected chi connectivity index (χ2v) is 6.42. The van der Waals surface area contributed by atoms with Gasteiger partial charge in [-0.15, -0.1) is 0 Å². The number of nitrogens with zero attached hydrogens (tertiary/aromatic N) is 1. The van der Waals surface area contributed by atoms with Gasteiger partial charge in [0.05, 0.1) is 17.5 Å². The fourth-order valence-electron chi connectivity index (χ4n) is 3.27. The first-order chi connectivity index (χ1) is 11.1.